The van der Waals surface area contributed by atoms with E-state index in [2.05, 4.69) is 5.32 Å². The number of carbonyl (C=O) groups excluding carboxylic acids is 1. The van der Waals surface area contributed by atoms with E-state index in [0.29, 0.717) is 24.4 Å². The number of carbonyl (C=O) groups is 1. The van der Waals surface area contributed by atoms with Gasteiger partial charge >= 0.3 is 11.8 Å². The van der Waals surface area contributed by atoms with Gasteiger partial charge in [0, 0.05) is 24.8 Å². The summed E-state index contributed by atoms with van der Waals surface area (Å²) in [5, 5.41) is 2.90. The minimum Gasteiger partial charge on any atom is -0.497 e. The zero-order chi connectivity index (χ0) is 19.0. The summed E-state index contributed by atoms with van der Waals surface area (Å²) in [7, 11) is 1.63. The molecule has 1 unspecified atom stereocenters. The first-order valence-corrected chi connectivity index (χ1v) is 8.95. The highest BCUT2D eigenvalue weighted by Crippen LogP contribution is 2.35. The molecule has 1 saturated heterocycles. The maximum absolute atomic E-state index is 12.7. The molecule has 1 fully saturated rings. The molecule has 1 aliphatic rings. The molecule has 0 radical (unpaired) electrons. The third-order valence-corrected chi connectivity index (χ3v) is 4.99. The van der Waals surface area contributed by atoms with Gasteiger partial charge in [0.15, 0.2) is 5.58 Å². The molecule has 4 rings (SSSR count). The number of anilines is 1. The van der Waals surface area contributed by atoms with Crippen LogP contribution in [0.3, 0.4) is 0 Å². The summed E-state index contributed by atoms with van der Waals surface area (Å²) < 4.78 is 12.1. The number of hydrogen-bond donors (Lipinski definition) is 1. The molecular formula is C20H21N3O4. The molecule has 0 saturated carbocycles. The Bertz CT molecular complexity index is 1050. The van der Waals surface area contributed by atoms with Crippen LogP contribution in [0.4, 0.5) is 10.5 Å². The summed E-state index contributed by atoms with van der Waals surface area (Å²) in [6.45, 7) is 3.11. The molecule has 0 bridgehead atoms. The second kappa shape index (κ2) is 6.83. The fraction of sp³-hybridized carbons (Fsp3) is 0.300. The summed E-state index contributed by atoms with van der Waals surface area (Å²) >= 11 is 0. The van der Waals surface area contributed by atoms with E-state index >= 15 is 0 Å². The van der Waals surface area contributed by atoms with Gasteiger partial charge in [-0.25, -0.2) is 9.59 Å². The fourth-order valence-corrected chi connectivity index (χ4v) is 3.46. The van der Waals surface area contributed by atoms with E-state index in [1.807, 2.05) is 31.2 Å². The number of rotatable bonds is 4. The van der Waals surface area contributed by atoms with E-state index in [4.69, 9.17) is 9.15 Å². The number of nitrogens with zero attached hydrogens (tertiary/aromatic N) is 2. The maximum Gasteiger partial charge on any atom is 0.419 e. The zero-order valence-electron chi connectivity index (χ0n) is 15.3. The molecule has 1 N–H and O–H groups in total. The lowest BCUT2D eigenvalue weighted by Gasteiger charge is -2.41. The van der Waals surface area contributed by atoms with E-state index < -0.39 is 5.76 Å². The third-order valence-electron chi connectivity index (χ3n) is 4.99. The smallest absolute Gasteiger partial charge is 0.419 e. The average Bonchev–Trinajstić information content (AvgIpc) is 2.95. The number of hydrogen-bond acceptors (Lipinski definition) is 4. The lowest BCUT2D eigenvalue weighted by atomic mass is 9.95. The van der Waals surface area contributed by atoms with Gasteiger partial charge < -0.3 is 19.4 Å². The lowest BCUT2D eigenvalue weighted by molar-refractivity contribution is 0.126. The molecule has 1 aromatic heterocycles. The van der Waals surface area contributed by atoms with Crippen LogP contribution in [0.1, 0.15) is 24.9 Å². The summed E-state index contributed by atoms with van der Waals surface area (Å²) in [5.74, 6) is 0.387. The number of benzene rings is 2. The summed E-state index contributed by atoms with van der Waals surface area (Å²) in [4.78, 5) is 26.3. The Kier molecular flexibility index (Phi) is 4.35. The number of aryl methyl sites for hydroxylation is 1. The van der Waals surface area contributed by atoms with Crippen molar-refractivity contribution in [3.8, 4) is 5.75 Å². The predicted octanol–water partition coefficient (Wildman–Crippen LogP) is 3.60. The predicted molar refractivity (Wildman–Crippen MR) is 102 cm³/mol. The minimum atomic E-state index is -0.392. The van der Waals surface area contributed by atoms with Gasteiger partial charge in [-0.05, 0) is 43.2 Å². The molecule has 0 aliphatic carbocycles. The first-order valence-electron chi connectivity index (χ1n) is 8.95. The highest BCUT2D eigenvalue weighted by Gasteiger charge is 2.33. The van der Waals surface area contributed by atoms with Crippen molar-refractivity contribution in [2.24, 2.45) is 0 Å². The van der Waals surface area contributed by atoms with Gasteiger partial charge in [-0.3, -0.25) is 4.57 Å². The molecule has 140 valence electrons. The topological polar surface area (TPSA) is 76.7 Å². The van der Waals surface area contributed by atoms with Gasteiger partial charge in [0.2, 0.25) is 0 Å². The lowest BCUT2D eigenvalue weighted by Crippen LogP contribution is -2.47. The highest BCUT2D eigenvalue weighted by atomic mass is 16.5. The van der Waals surface area contributed by atoms with Crippen molar-refractivity contribution < 1.29 is 13.9 Å². The number of fused-ring (bicyclic) bond motifs is 1. The number of urea groups is 1. The molecule has 3 aromatic rings. The average molecular weight is 367 g/mol. The van der Waals surface area contributed by atoms with Crippen LogP contribution in [0.5, 0.6) is 5.75 Å². The van der Waals surface area contributed by atoms with Crippen molar-refractivity contribution in [1.29, 1.82) is 0 Å². The van der Waals surface area contributed by atoms with Crippen LogP contribution in [0.2, 0.25) is 0 Å². The first-order chi connectivity index (χ1) is 13.1. The number of nitrogens with one attached hydrogen (secondary N) is 1. The number of methoxy groups -OCH3 is 1. The molecule has 7 heteroatoms. The van der Waals surface area contributed by atoms with E-state index in [0.717, 1.165) is 23.3 Å². The number of ether oxygens (including phenoxy) is 1. The Labute approximate surface area is 156 Å². The van der Waals surface area contributed by atoms with Gasteiger partial charge in [0.1, 0.15) is 5.75 Å². The molecule has 1 atom stereocenters. The molecule has 2 amide bonds. The highest BCUT2D eigenvalue weighted by molar-refractivity contribution is 5.92. The Morgan fingerprint density at radius 1 is 1.30 bits per heavy atom. The van der Waals surface area contributed by atoms with E-state index in [-0.39, 0.29) is 12.1 Å². The monoisotopic (exact) mass is 367 g/mol. The summed E-state index contributed by atoms with van der Waals surface area (Å²) in [6, 6.07) is 12.9. The summed E-state index contributed by atoms with van der Waals surface area (Å²) in [6.07, 6.45) is 0.911. The van der Waals surface area contributed by atoms with Crippen molar-refractivity contribution in [1.82, 2.24) is 9.47 Å². The van der Waals surface area contributed by atoms with Crippen LogP contribution < -0.4 is 15.8 Å². The molecular weight excluding hydrogens is 346 g/mol. The molecule has 0 spiro atoms. The normalized spacial score (nSPS) is 16.2. The van der Waals surface area contributed by atoms with Crippen LogP contribution in [0, 0.1) is 0 Å². The van der Waals surface area contributed by atoms with Gasteiger partial charge in [0.05, 0.1) is 18.7 Å². The standard InChI is InChI=1S/C20H21N3O4/c1-3-22-17-8-7-14(12-18(17)27-20(22)25)21-19(24)23-10-9-16(23)13-5-4-6-15(11-13)26-2/h4-8,11-12,16H,3,9-10H2,1-2H3,(H,21,24). The van der Waals surface area contributed by atoms with Gasteiger partial charge in [0.25, 0.3) is 0 Å². The van der Waals surface area contributed by atoms with E-state index in [1.165, 1.54) is 0 Å². The Balaban J connectivity index is 1.52. The molecule has 27 heavy (non-hydrogen) atoms. The molecule has 2 aromatic carbocycles. The third kappa shape index (κ3) is 3.05. The SMILES string of the molecule is CCn1c(=O)oc2cc(NC(=O)N3CCC3c3cccc(OC)c3)ccc21. The van der Waals surface area contributed by atoms with Crippen molar-refractivity contribution in [2.45, 2.75) is 25.9 Å². The van der Waals surface area contributed by atoms with Crippen LogP contribution in [0.25, 0.3) is 11.1 Å². The van der Waals surface area contributed by atoms with E-state index in [9.17, 15) is 9.59 Å². The molecule has 2 heterocycles. The van der Waals surface area contributed by atoms with Crippen molar-refractivity contribution in [3.05, 3.63) is 58.6 Å². The number of aromatic nitrogens is 1. The quantitative estimate of drug-likeness (QED) is 0.764. The number of amides is 2. The Hall–Kier alpha value is -3.22. The van der Waals surface area contributed by atoms with Gasteiger partial charge in [-0.1, -0.05) is 12.1 Å². The number of oxazole rings is 1. The molecule has 1 aliphatic heterocycles. The number of likely N-dealkylation sites (tertiary alicyclic amines) is 1. The van der Waals surface area contributed by atoms with E-state index in [1.54, 1.807) is 34.8 Å². The van der Waals surface area contributed by atoms with Crippen molar-refractivity contribution in [3.63, 3.8) is 0 Å². The summed E-state index contributed by atoms with van der Waals surface area (Å²) in [5.41, 5.74) is 2.84. The first kappa shape index (κ1) is 17.2. The van der Waals surface area contributed by atoms with Crippen LogP contribution in [-0.4, -0.2) is 29.2 Å². The van der Waals surface area contributed by atoms with Crippen molar-refractivity contribution >= 4 is 22.8 Å². The van der Waals surface area contributed by atoms with Crippen LogP contribution >= 0.6 is 0 Å². The maximum atomic E-state index is 12.7. The minimum absolute atomic E-state index is 0.0305. The van der Waals surface area contributed by atoms with Crippen molar-refractivity contribution in [2.75, 3.05) is 19.0 Å². The van der Waals surface area contributed by atoms with Gasteiger partial charge in [-0.15, -0.1) is 0 Å². The Morgan fingerprint density at radius 3 is 2.85 bits per heavy atom. The largest absolute Gasteiger partial charge is 0.497 e. The Morgan fingerprint density at radius 2 is 2.15 bits per heavy atom. The second-order valence-electron chi connectivity index (χ2n) is 6.50. The van der Waals surface area contributed by atoms with Crippen LogP contribution in [-0.2, 0) is 6.54 Å². The molecule has 7 nitrogen and oxygen atoms in total. The second-order valence-corrected chi connectivity index (χ2v) is 6.50. The fourth-order valence-electron chi connectivity index (χ4n) is 3.46. The van der Waals surface area contributed by atoms with Crippen LogP contribution in [0.15, 0.2) is 51.7 Å². The van der Waals surface area contributed by atoms with Gasteiger partial charge in [-0.2, -0.15) is 0 Å². The zero-order valence-corrected chi connectivity index (χ0v) is 15.3.